The molecule has 3 aromatic rings. The van der Waals surface area contributed by atoms with Crippen molar-refractivity contribution in [3.05, 3.63) is 54.0 Å². The Balaban J connectivity index is 1.71. The third kappa shape index (κ3) is 6.24. The molecule has 1 unspecified atom stereocenters. The monoisotopic (exact) mass is 567 g/mol. The summed E-state index contributed by atoms with van der Waals surface area (Å²) in [4.78, 5) is 28.5. The van der Waals surface area contributed by atoms with Gasteiger partial charge in [0.25, 0.3) is 0 Å². The maximum Gasteiger partial charge on any atom is 0.419 e. The van der Waals surface area contributed by atoms with Crippen molar-refractivity contribution in [1.82, 2.24) is 18.8 Å². The Labute approximate surface area is 235 Å². The molecule has 4 rings (SSSR count). The smallest absolute Gasteiger partial charge is 0.419 e. The number of aromatic nitrogens is 2. The molecule has 0 saturated carbocycles. The molecule has 214 valence electrons. The highest BCUT2D eigenvalue weighted by Crippen LogP contribution is 2.31. The number of carbonyl (C=O) groups is 2. The van der Waals surface area contributed by atoms with E-state index in [1.54, 1.807) is 79.8 Å². The fourth-order valence-electron chi connectivity index (χ4n) is 5.13. The first-order valence-corrected chi connectivity index (χ1v) is 15.0. The molecule has 1 amide bonds. The van der Waals surface area contributed by atoms with E-state index < -0.39 is 27.8 Å². The number of nitrogens with zero attached hydrogens (tertiary/aromatic N) is 4. The summed E-state index contributed by atoms with van der Waals surface area (Å²) in [7, 11) is -4.27. The lowest BCUT2D eigenvalue weighted by Crippen LogP contribution is -2.51. The van der Waals surface area contributed by atoms with Crippen molar-refractivity contribution < 1.29 is 22.7 Å². The molecule has 1 aliphatic heterocycles. The lowest BCUT2D eigenvalue weighted by Gasteiger charge is -2.33. The van der Waals surface area contributed by atoms with Gasteiger partial charge in [-0.25, -0.2) is 17.8 Å². The minimum absolute atomic E-state index is 0.0716. The van der Waals surface area contributed by atoms with Crippen LogP contribution >= 0.6 is 0 Å². The quantitative estimate of drug-likeness (QED) is 0.451. The van der Waals surface area contributed by atoms with Crippen LogP contribution in [0.4, 0.5) is 4.79 Å². The molecule has 1 atom stereocenters. The van der Waals surface area contributed by atoms with E-state index in [1.165, 1.54) is 4.57 Å². The zero-order chi connectivity index (χ0) is 29.2. The van der Waals surface area contributed by atoms with Gasteiger partial charge < -0.3 is 14.2 Å². The maximum absolute atomic E-state index is 14.0. The van der Waals surface area contributed by atoms with Crippen LogP contribution in [0.1, 0.15) is 58.3 Å². The summed E-state index contributed by atoms with van der Waals surface area (Å²) in [6.45, 7) is 10.3. The summed E-state index contributed by atoms with van der Waals surface area (Å²) in [5.41, 5.74) is 0.236. The number of ether oxygens (including phenoxy) is 1. The Morgan fingerprint density at radius 1 is 1.15 bits per heavy atom. The first-order valence-electron chi connectivity index (χ1n) is 13.5. The van der Waals surface area contributed by atoms with Gasteiger partial charge in [-0.3, -0.25) is 4.79 Å². The van der Waals surface area contributed by atoms with Gasteiger partial charge in [0.1, 0.15) is 28.3 Å². The van der Waals surface area contributed by atoms with Gasteiger partial charge in [-0.15, -0.1) is 0 Å². The molecule has 0 bridgehead atoms. The molecule has 1 aliphatic rings. The third-order valence-corrected chi connectivity index (χ3v) is 8.84. The van der Waals surface area contributed by atoms with Crippen LogP contribution in [0.15, 0.2) is 47.5 Å². The van der Waals surface area contributed by atoms with Crippen LogP contribution in [-0.2, 0) is 26.1 Å². The van der Waals surface area contributed by atoms with Crippen LogP contribution in [0.2, 0.25) is 0 Å². The fourth-order valence-corrected chi connectivity index (χ4v) is 6.78. The fraction of sp³-hybridized carbons (Fsp3) is 0.483. The van der Waals surface area contributed by atoms with E-state index in [4.69, 9.17) is 4.74 Å². The Kier molecular flexibility index (Phi) is 8.42. The van der Waals surface area contributed by atoms with Gasteiger partial charge >= 0.3 is 6.09 Å². The number of likely N-dealkylation sites (tertiary alicyclic amines) is 1. The molecular formula is C29H37N5O5S. The topological polar surface area (TPSA) is 126 Å². The minimum Gasteiger partial charge on any atom is -0.443 e. The molecule has 1 saturated heterocycles. The van der Waals surface area contributed by atoms with Gasteiger partial charge in [0, 0.05) is 36.9 Å². The third-order valence-electron chi connectivity index (χ3n) is 7.19. The van der Waals surface area contributed by atoms with Gasteiger partial charge in [-0.05, 0) is 71.1 Å². The first-order chi connectivity index (χ1) is 18.8. The number of para-hydroxylation sites is 1. The number of piperidine rings is 1. The Hall–Kier alpha value is -3.62. The van der Waals surface area contributed by atoms with Gasteiger partial charge in [-0.2, -0.15) is 9.98 Å². The Morgan fingerprint density at radius 2 is 1.82 bits per heavy atom. The van der Waals surface area contributed by atoms with E-state index in [2.05, 4.69) is 17.7 Å². The second-order valence-corrected chi connectivity index (χ2v) is 13.1. The number of aryl methyl sites for hydroxylation is 1. The molecule has 10 nitrogen and oxygen atoms in total. The number of nitrogens with one attached hydrogen (secondary N) is 1. The number of sulfonamides is 1. The van der Waals surface area contributed by atoms with Crippen LogP contribution in [0.5, 0.6) is 0 Å². The molecule has 1 aromatic carbocycles. The van der Waals surface area contributed by atoms with E-state index in [0.29, 0.717) is 35.6 Å². The molecule has 40 heavy (non-hydrogen) atoms. The highest BCUT2D eigenvalue weighted by Gasteiger charge is 2.35. The first kappa shape index (κ1) is 29.4. The highest BCUT2D eigenvalue weighted by atomic mass is 32.2. The van der Waals surface area contributed by atoms with Gasteiger partial charge in [0.15, 0.2) is 0 Å². The Bertz CT molecular complexity index is 1550. The molecule has 3 heterocycles. The number of benzene rings is 1. The summed E-state index contributed by atoms with van der Waals surface area (Å²) in [6, 6.07) is 11.2. The average molecular weight is 568 g/mol. The van der Waals surface area contributed by atoms with E-state index in [9.17, 15) is 23.3 Å². The molecule has 0 aliphatic carbocycles. The van der Waals surface area contributed by atoms with Crippen molar-refractivity contribution in [2.24, 2.45) is 5.92 Å². The van der Waals surface area contributed by atoms with E-state index >= 15 is 0 Å². The molecule has 0 radical (unpaired) electrons. The van der Waals surface area contributed by atoms with E-state index in [0.717, 1.165) is 12.8 Å². The second-order valence-electron chi connectivity index (χ2n) is 11.4. The summed E-state index contributed by atoms with van der Waals surface area (Å²) in [6.07, 6.45) is 2.90. The summed E-state index contributed by atoms with van der Waals surface area (Å²) < 4.78 is 39.2. The van der Waals surface area contributed by atoms with Crippen molar-refractivity contribution in [3.63, 3.8) is 0 Å². The second kappa shape index (κ2) is 11.5. The van der Waals surface area contributed by atoms with E-state index in [1.807, 2.05) is 0 Å². The zero-order valence-corrected chi connectivity index (χ0v) is 24.5. The van der Waals surface area contributed by atoms with Crippen LogP contribution < -0.4 is 4.72 Å². The molecular weight excluding hydrogens is 530 g/mol. The molecule has 1 fully saturated rings. The predicted molar refractivity (Wildman–Crippen MR) is 151 cm³/mol. The van der Waals surface area contributed by atoms with E-state index in [-0.39, 0.29) is 29.5 Å². The van der Waals surface area contributed by atoms with Crippen molar-refractivity contribution in [2.75, 3.05) is 13.1 Å². The number of hydrogen-bond acceptors (Lipinski definition) is 6. The summed E-state index contributed by atoms with van der Waals surface area (Å²) in [5, 5.41) is 9.75. The standard InChI is InChI=1S/C29H37N5O5S/c1-20-12-16-33(17-13-20)27(35)24(14-18-32-15-8-9-22(32)19-30)31-40(37,38)26-21(2)34(28(36)39-29(3,4)5)25-11-7-6-10-23(25)26/h6-11,15,20,24,31H,12-14,16-18H2,1-5H3. The van der Waals surface area contributed by atoms with Crippen molar-refractivity contribution >= 4 is 32.9 Å². The summed E-state index contributed by atoms with van der Waals surface area (Å²) >= 11 is 0. The van der Waals surface area contributed by atoms with Gasteiger partial charge in [-0.1, -0.05) is 25.1 Å². The number of fused-ring (bicyclic) bond motifs is 1. The number of nitriles is 1. The highest BCUT2D eigenvalue weighted by molar-refractivity contribution is 7.89. The molecule has 2 aromatic heterocycles. The number of hydrogen-bond donors (Lipinski definition) is 1. The van der Waals surface area contributed by atoms with Crippen molar-refractivity contribution in [2.45, 2.75) is 77.0 Å². The predicted octanol–water partition coefficient (Wildman–Crippen LogP) is 4.40. The molecule has 11 heteroatoms. The average Bonchev–Trinajstić information content (AvgIpc) is 3.46. The van der Waals surface area contributed by atoms with Crippen LogP contribution in [-0.4, -0.2) is 59.2 Å². The number of amides is 1. The summed E-state index contributed by atoms with van der Waals surface area (Å²) in [5.74, 6) is 0.202. The lowest BCUT2D eigenvalue weighted by atomic mass is 9.98. The maximum atomic E-state index is 14.0. The normalized spacial score (nSPS) is 15.7. The van der Waals surface area contributed by atoms with Crippen LogP contribution in [0, 0.1) is 24.2 Å². The lowest BCUT2D eigenvalue weighted by molar-refractivity contribution is -0.134. The van der Waals surface area contributed by atoms with Gasteiger partial charge in [0.2, 0.25) is 15.9 Å². The number of rotatable bonds is 7. The van der Waals surface area contributed by atoms with Crippen molar-refractivity contribution in [3.8, 4) is 6.07 Å². The largest absolute Gasteiger partial charge is 0.443 e. The minimum atomic E-state index is -4.27. The zero-order valence-electron chi connectivity index (χ0n) is 23.7. The molecule has 0 spiro atoms. The van der Waals surface area contributed by atoms with Crippen LogP contribution in [0.25, 0.3) is 10.9 Å². The van der Waals surface area contributed by atoms with Gasteiger partial charge in [0.05, 0.1) is 5.52 Å². The van der Waals surface area contributed by atoms with Crippen LogP contribution in [0.3, 0.4) is 0 Å². The Morgan fingerprint density at radius 3 is 2.48 bits per heavy atom. The SMILES string of the molecule is Cc1c(S(=O)(=O)NC(CCn2cccc2C#N)C(=O)N2CCC(C)CC2)c2ccccc2n1C(=O)OC(C)(C)C. The molecule has 1 N–H and O–H groups in total. The number of carbonyl (C=O) groups excluding carboxylic acids is 2. The van der Waals surface area contributed by atoms with Crippen molar-refractivity contribution in [1.29, 1.82) is 5.26 Å².